The maximum absolute atomic E-state index is 5.60. The van der Waals surface area contributed by atoms with Gasteiger partial charge in [0.1, 0.15) is 5.75 Å². The molecule has 15 heavy (non-hydrogen) atoms. The summed E-state index contributed by atoms with van der Waals surface area (Å²) in [6.07, 6.45) is 2.17. The van der Waals surface area contributed by atoms with E-state index in [9.17, 15) is 0 Å². The van der Waals surface area contributed by atoms with Crippen molar-refractivity contribution in [3.8, 4) is 5.75 Å². The number of nitrogens with one attached hydrogen (secondary N) is 1. The summed E-state index contributed by atoms with van der Waals surface area (Å²) >= 11 is 0. The number of benzene rings is 1. The van der Waals surface area contributed by atoms with Crippen molar-refractivity contribution in [3.05, 3.63) is 29.8 Å². The van der Waals surface area contributed by atoms with Crippen molar-refractivity contribution in [2.24, 2.45) is 0 Å². The van der Waals surface area contributed by atoms with Gasteiger partial charge in [0.25, 0.3) is 0 Å². The molecule has 1 atom stereocenters. The molecule has 0 amide bonds. The quantitative estimate of drug-likeness (QED) is 0.774. The Morgan fingerprint density at radius 3 is 2.60 bits per heavy atom. The summed E-state index contributed by atoms with van der Waals surface area (Å²) in [5, 5.41) is 3.31. The summed E-state index contributed by atoms with van der Waals surface area (Å²) in [6, 6.07) is 8.81. The number of likely N-dealkylation sites (N-methyl/N-ethyl adjacent to an activating group) is 1. The van der Waals surface area contributed by atoms with Gasteiger partial charge in [-0.2, -0.15) is 0 Å². The molecule has 2 nitrogen and oxygen atoms in total. The molecule has 0 radical (unpaired) electrons. The van der Waals surface area contributed by atoms with Gasteiger partial charge in [0, 0.05) is 6.04 Å². The molecule has 0 aliphatic carbocycles. The molecule has 0 heterocycles. The van der Waals surface area contributed by atoms with Crippen molar-refractivity contribution >= 4 is 0 Å². The molecule has 0 bridgehead atoms. The number of rotatable bonds is 6. The second kappa shape index (κ2) is 6.46. The minimum absolute atomic E-state index is 0.534. The molecule has 0 saturated heterocycles. The molecule has 0 aliphatic rings. The van der Waals surface area contributed by atoms with E-state index in [2.05, 4.69) is 24.4 Å². The number of para-hydroxylation sites is 1. The second-order valence-electron chi connectivity index (χ2n) is 3.64. The van der Waals surface area contributed by atoms with Crippen molar-refractivity contribution in [2.75, 3.05) is 13.7 Å². The van der Waals surface area contributed by atoms with Gasteiger partial charge >= 0.3 is 0 Å². The van der Waals surface area contributed by atoms with Crippen LogP contribution in [0.3, 0.4) is 0 Å². The fourth-order valence-corrected chi connectivity index (χ4v) is 1.68. The standard InChI is InChI=1S/C13H21NO/c1-4-12(14-3)10-11-8-6-7-9-13(11)15-5-2/h6-9,12,14H,4-5,10H2,1-3H3. The van der Waals surface area contributed by atoms with Crippen LogP contribution in [0.15, 0.2) is 24.3 Å². The van der Waals surface area contributed by atoms with E-state index in [-0.39, 0.29) is 0 Å². The molecular weight excluding hydrogens is 186 g/mol. The van der Waals surface area contributed by atoms with Crippen LogP contribution >= 0.6 is 0 Å². The van der Waals surface area contributed by atoms with Crippen LogP contribution in [0.4, 0.5) is 0 Å². The first-order chi connectivity index (χ1) is 7.31. The molecule has 1 aromatic rings. The van der Waals surface area contributed by atoms with Crippen LogP contribution in [0.25, 0.3) is 0 Å². The van der Waals surface area contributed by atoms with Gasteiger partial charge in [-0.15, -0.1) is 0 Å². The van der Waals surface area contributed by atoms with E-state index in [1.807, 2.05) is 26.1 Å². The molecule has 84 valence electrons. The van der Waals surface area contributed by atoms with E-state index in [1.54, 1.807) is 0 Å². The third kappa shape index (κ3) is 3.56. The highest BCUT2D eigenvalue weighted by molar-refractivity contribution is 5.33. The zero-order valence-electron chi connectivity index (χ0n) is 9.92. The largest absolute Gasteiger partial charge is 0.494 e. The molecule has 0 saturated carbocycles. The van der Waals surface area contributed by atoms with Gasteiger partial charge in [-0.3, -0.25) is 0 Å². The Balaban J connectivity index is 2.73. The van der Waals surface area contributed by atoms with E-state index < -0.39 is 0 Å². The van der Waals surface area contributed by atoms with Gasteiger partial charge in [0.05, 0.1) is 6.61 Å². The maximum atomic E-state index is 5.60. The average molecular weight is 207 g/mol. The fourth-order valence-electron chi connectivity index (χ4n) is 1.68. The lowest BCUT2D eigenvalue weighted by Crippen LogP contribution is -2.26. The maximum Gasteiger partial charge on any atom is 0.122 e. The highest BCUT2D eigenvalue weighted by atomic mass is 16.5. The van der Waals surface area contributed by atoms with E-state index >= 15 is 0 Å². The summed E-state index contributed by atoms with van der Waals surface area (Å²) in [5.74, 6) is 1.02. The third-order valence-electron chi connectivity index (χ3n) is 2.64. The zero-order valence-corrected chi connectivity index (χ0v) is 9.92. The van der Waals surface area contributed by atoms with Gasteiger partial charge in [0.15, 0.2) is 0 Å². The Morgan fingerprint density at radius 1 is 1.27 bits per heavy atom. The van der Waals surface area contributed by atoms with Crippen LogP contribution in [0.5, 0.6) is 5.75 Å². The molecule has 0 aromatic heterocycles. The minimum atomic E-state index is 0.534. The van der Waals surface area contributed by atoms with Crippen LogP contribution in [0, 0.1) is 0 Å². The highest BCUT2D eigenvalue weighted by Gasteiger charge is 2.08. The van der Waals surface area contributed by atoms with Crippen molar-refractivity contribution in [2.45, 2.75) is 32.7 Å². The molecule has 1 rings (SSSR count). The van der Waals surface area contributed by atoms with Crippen LogP contribution < -0.4 is 10.1 Å². The van der Waals surface area contributed by atoms with E-state index in [4.69, 9.17) is 4.74 Å². The van der Waals surface area contributed by atoms with Gasteiger partial charge < -0.3 is 10.1 Å². The topological polar surface area (TPSA) is 21.3 Å². The summed E-state index contributed by atoms with van der Waals surface area (Å²) < 4.78 is 5.60. The SMILES string of the molecule is CCOc1ccccc1CC(CC)NC. The third-order valence-corrected chi connectivity index (χ3v) is 2.64. The van der Waals surface area contributed by atoms with Crippen LogP contribution in [-0.2, 0) is 6.42 Å². The summed E-state index contributed by atoms with van der Waals surface area (Å²) in [7, 11) is 2.01. The minimum Gasteiger partial charge on any atom is -0.494 e. The summed E-state index contributed by atoms with van der Waals surface area (Å²) in [5.41, 5.74) is 1.29. The van der Waals surface area contributed by atoms with Gasteiger partial charge in [-0.05, 0) is 38.4 Å². The van der Waals surface area contributed by atoms with Crippen LogP contribution in [0.1, 0.15) is 25.8 Å². The first-order valence-corrected chi connectivity index (χ1v) is 5.69. The van der Waals surface area contributed by atoms with E-state index in [0.29, 0.717) is 6.04 Å². The zero-order chi connectivity index (χ0) is 11.1. The van der Waals surface area contributed by atoms with Crippen LogP contribution in [0.2, 0.25) is 0 Å². The molecule has 1 aromatic carbocycles. The molecule has 0 fully saturated rings. The normalized spacial score (nSPS) is 12.5. The van der Waals surface area contributed by atoms with Crippen molar-refractivity contribution in [1.29, 1.82) is 0 Å². The number of ether oxygens (including phenoxy) is 1. The van der Waals surface area contributed by atoms with Crippen LogP contribution in [-0.4, -0.2) is 19.7 Å². The Morgan fingerprint density at radius 2 is 2.00 bits per heavy atom. The fraction of sp³-hybridized carbons (Fsp3) is 0.538. The molecule has 1 unspecified atom stereocenters. The van der Waals surface area contributed by atoms with E-state index in [1.165, 1.54) is 5.56 Å². The predicted molar refractivity (Wildman–Crippen MR) is 64.5 cm³/mol. The van der Waals surface area contributed by atoms with Crippen molar-refractivity contribution in [1.82, 2.24) is 5.32 Å². The highest BCUT2D eigenvalue weighted by Crippen LogP contribution is 2.20. The molecule has 2 heteroatoms. The van der Waals surface area contributed by atoms with Gasteiger partial charge in [0.2, 0.25) is 0 Å². The summed E-state index contributed by atoms with van der Waals surface area (Å²) in [4.78, 5) is 0. The molecular formula is C13H21NO. The molecule has 0 aliphatic heterocycles. The monoisotopic (exact) mass is 207 g/mol. The number of hydrogen-bond acceptors (Lipinski definition) is 2. The Bertz CT molecular complexity index is 282. The van der Waals surface area contributed by atoms with Gasteiger partial charge in [-0.25, -0.2) is 0 Å². The average Bonchev–Trinajstić information content (AvgIpc) is 2.28. The number of hydrogen-bond donors (Lipinski definition) is 1. The smallest absolute Gasteiger partial charge is 0.122 e. The van der Waals surface area contributed by atoms with Crippen molar-refractivity contribution in [3.63, 3.8) is 0 Å². The first-order valence-electron chi connectivity index (χ1n) is 5.69. The predicted octanol–water partition coefficient (Wildman–Crippen LogP) is 2.63. The second-order valence-corrected chi connectivity index (χ2v) is 3.64. The Hall–Kier alpha value is -1.02. The first kappa shape index (κ1) is 12.1. The Labute approximate surface area is 92.6 Å². The molecule has 1 N–H and O–H groups in total. The lowest BCUT2D eigenvalue weighted by atomic mass is 10.0. The lowest BCUT2D eigenvalue weighted by molar-refractivity contribution is 0.334. The van der Waals surface area contributed by atoms with E-state index in [0.717, 1.165) is 25.2 Å². The van der Waals surface area contributed by atoms with Crippen molar-refractivity contribution < 1.29 is 4.74 Å². The Kier molecular flexibility index (Phi) is 5.19. The molecule has 0 spiro atoms. The lowest BCUT2D eigenvalue weighted by Gasteiger charge is -2.16. The van der Waals surface area contributed by atoms with Gasteiger partial charge in [-0.1, -0.05) is 25.1 Å². The summed E-state index contributed by atoms with van der Waals surface area (Å²) in [6.45, 7) is 4.95.